The van der Waals surface area contributed by atoms with Crippen molar-refractivity contribution in [2.24, 2.45) is 0 Å². The molecule has 0 saturated carbocycles. The third-order valence-corrected chi connectivity index (χ3v) is 7.08. The normalized spacial score (nSPS) is 17.2. The summed E-state index contributed by atoms with van der Waals surface area (Å²) in [7, 11) is -3.29. The van der Waals surface area contributed by atoms with E-state index < -0.39 is 27.4 Å². The molecule has 0 bridgehead atoms. The first-order valence-electron chi connectivity index (χ1n) is 10.0. The molecule has 1 amide bonds. The lowest BCUT2D eigenvalue weighted by Gasteiger charge is -2.11. The van der Waals surface area contributed by atoms with E-state index in [0.717, 1.165) is 21.9 Å². The first-order valence-corrected chi connectivity index (χ1v) is 11.8. The summed E-state index contributed by atoms with van der Waals surface area (Å²) < 4.78 is 34.3. The maximum absolute atomic E-state index is 12.6. The molecule has 0 spiro atoms. The number of nitrogens with one attached hydrogen (secondary N) is 1. The van der Waals surface area contributed by atoms with E-state index in [-0.39, 0.29) is 17.7 Å². The zero-order valence-corrected chi connectivity index (χ0v) is 17.9. The highest BCUT2D eigenvalue weighted by atomic mass is 32.2. The van der Waals surface area contributed by atoms with E-state index in [1.165, 1.54) is 6.08 Å². The minimum absolute atomic E-state index is 0.176. The summed E-state index contributed by atoms with van der Waals surface area (Å²) >= 11 is 0. The number of furan rings is 1. The molecule has 1 aliphatic rings. The Labute approximate surface area is 183 Å². The number of carbonyl (C=O) groups excluding carboxylic acids is 1. The van der Waals surface area contributed by atoms with Gasteiger partial charge in [-0.05, 0) is 30.2 Å². The van der Waals surface area contributed by atoms with Crippen LogP contribution in [0.4, 0.5) is 0 Å². The van der Waals surface area contributed by atoms with Gasteiger partial charge in [-0.3, -0.25) is 4.79 Å². The van der Waals surface area contributed by atoms with Crippen LogP contribution in [0.2, 0.25) is 0 Å². The van der Waals surface area contributed by atoms with Crippen LogP contribution in [0, 0.1) is 6.92 Å². The van der Waals surface area contributed by atoms with Crippen LogP contribution in [0.25, 0.3) is 33.1 Å². The van der Waals surface area contributed by atoms with Gasteiger partial charge in [-0.1, -0.05) is 30.3 Å². The molecule has 7 nitrogen and oxygen atoms in total. The molecule has 162 valence electrons. The van der Waals surface area contributed by atoms with Crippen LogP contribution in [0.5, 0.6) is 0 Å². The van der Waals surface area contributed by atoms with Gasteiger partial charge in [0, 0.05) is 27.8 Å². The number of rotatable bonds is 4. The molecular formula is C24H19NO6S. The standard InChI is InChI=1S/C24H19NO6S/c1-14-17-9-19-20(15-5-3-2-4-6-15)12-30-21(19)11-22(17)31-24(27)18(14)10-23(26)25-16-7-8-32(28,29)13-16/h2-9,11-12,16H,10,13H2,1H3,(H,25,26)/t16-/m1/s1. The molecule has 0 saturated heterocycles. The number of sulfone groups is 1. The number of benzene rings is 2. The van der Waals surface area contributed by atoms with Gasteiger partial charge >= 0.3 is 5.63 Å². The van der Waals surface area contributed by atoms with E-state index in [1.807, 2.05) is 36.4 Å². The van der Waals surface area contributed by atoms with E-state index in [1.54, 1.807) is 19.3 Å². The Balaban J connectivity index is 1.52. The van der Waals surface area contributed by atoms with Gasteiger partial charge in [0.05, 0.1) is 30.0 Å². The quantitative estimate of drug-likeness (QED) is 0.478. The highest BCUT2D eigenvalue weighted by molar-refractivity contribution is 7.94. The average molecular weight is 449 g/mol. The van der Waals surface area contributed by atoms with Crippen molar-refractivity contribution in [2.45, 2.75) is 19.4 Å². The minimum Gasteiger partial charge on any atom is -0.464 e. The van der Waals surface area contributed by atoms with Crippen molar-refractivity contribution in [3.05, 3.63) is 81.8 Å². The van der Waals surface area contributed by atoms with Crippen molar-refractivity contribution < 1.29 is 22.0 Å². The summed E-state index contributed by atoms with van der Waals surface area (Å²) in [5, 5.41) is 5.32. The van der Waals surface area contributed by atoms with Crippen molar-refractivity contribution in [1.82, 2.24) is 5.32 Å². The lowest BCUT2D eigenvalue weighted by atomic mass is 9.99. The molecule has 0 fully saturated rings. The summed E-state index contributed by atoms with van der Waals surface area (Å²) in [6.45, 7) is 1.77. The second-order valence-corrected chi connectivity index (χ2v) is 9.79. The minimum atomic E-state index is -3.29. The fraction of sp³-hybridized carbons (Fsp3) is 0.167. The molecule has 5 rings (SSSR count). The van der Waals surface area contributed by atoms with Gasteiger partial charge in [-0.2, -0.15) is 0 Å². The van der Waals surface area contributed by atoms with Gasteiger partial charge in [0.2, 0.25) is 5.91 Å². The first-order chi connectivity index (χ1) is 15.3. The lowest BCUT2D eigenvalue weighted by Crippen LogP contribution is -2.37. The van der Waals surface area contributed by atoms with Crippen molar-refractivity contribution in [2.75, 3.05) is 5.75 Å². The lowest BCUT2D eigenvalue weighted by molar-refractivity contribution is -0.120. The van der Waals surface area contributed by atoms with E-state index in [0.29, 0.717) is 22.1 Å². The van der Waals surface area contributed by atoms with E-state index >= 15 is 0 Å². The molecule has 0 unspecified atom stereocenters. The van der Waals surface area contributed by atoms with Gasteiger partial charge in [0.1, 0.15) is 11.2 Å². The summed E-state index contributed by atoms with van der Waals surface area (Å²) in [4.78, 5) is 25.1. The van der Waals surface area contributed by atoms with Crippen LogP contribution in [-0.2, 0) is 21.1 Å². The number of fused-ring (bicyclic) bond motifs is 2. The van der Waals surface area contributed by atoms with Crippen LogP contribution < -0.4 is 10.9 Å². The third kappa shape index (κ3) is 3.62. The van der Waals surface area contributed by atoms with E-state index in [9.17, 15) is 18.0 Å². The first kappa shape index (κ1) is 20.3. The highest BCUT2D eigenvalue weighted by Crippen LogP contribution is 2.34. The second-order valence-electron chi connectivity index (χ2n) is 7.86. The van der Waals surface area contributed by atoms with E-state index in [2.05, 4.69) is 5.32 Å². The number of amides is 1. The van der Waals surface area contributed by atoms with Gasteiger partial charge in [-0.25, -0.2) is 13.2 Å². The Morgan fingerprint density at radius 2 is 1.91 bits per heavy atom. The molecule has 1 aliphatic heterocycles. The maximum Gasteiger partial charge on any atom is 0.340 e. The zero-order chi connectivity index (χ0) is 22.5. The number of aryl methyl sites for hydroxylation is 1. The van der Waals surface area contributed by atoms with Gasteiger partial charge in [0.25, 0.3) is 0 Å². The van der Waals surface area contributed by atoms with E-state index in [4.69, 9.17) is 8.83 Å². The largest absolute Gasteiger partial charge is 0.464 e. The number of carbonyl (C=O) groups is 1. The Bertz CT molecular complexity index is 1560. The molecule has 4 aromatic rings. The number of hydrogen-bond acceptors (Lipinski definition) is 6. The molecular weight excluding hydrogens is 430 g/mol. The van der Waals surface area contributed by atoms with Crippen LogP contribution >= 0.6 is 0 Å². The van der Waals surface area contributed by atoms with Crippen LogP contribution in [0.15, 0.2) is 73.8 Å². The van der Waals surface area contributed by atoms with Gasteiger partial charge in [-0.15, -0.1) is 0 Å². The summed E-state index contributed by atoms with van der Waals surface area (Å²) in [6, 6.07) is 12.8. The van der Waals surface area contributed by atoms with Crippen molar-refractivity contribution in [3.8, 4) is 11.1 Å². The van der Waals surface area contributed by atoms with Crippen LogP contribution in [0.3, 0.4) is 0 Å². The Kier molecular flexibility index (Phi) is 4.74. The van der Waals surface area contributed by atoms with Gasteiger partial charge < -0.3 is 14.2 Å². The SMILES string of the molecule is Cc1c(CC(=O)N[C@@H]2C=CS(=O)(=O)C2)c(=O)oc2cc3occ(-c4ccccc4)c3cc12. The van der Waals surface area contributed by atoms with Crippen LogP contribution in [-0.4, -0.2) is 26.1 Å². The predicted molar refractivity (Wildman–Crippen MR) is 121 cm³/mol. The Hall–Kier alpha value is -3.65. The molecule has 1 atom stereocenters. The molecule has 8 heteroatoms. The molecule has 2 aromatic carbocycles. The molecule has 3 heterocycles. The number of hydrogen-bond donors (Lipinski definition) is 1. The van der Waals surface area contributed by atoms with Crippen molar-refractivity contribution in [3.63, 3.8) is 0 Å². The molecule has 0 aliphatic carbocycles. The van der Waals surface area contributed by atoms with Crippen LogP contribution in [0.1, 0.15) is 11.1 Å². The second kappa shape index (κ2) is 7.49. The molecule has 0 radical (unpaired) electrons. The molecule has 2 aromatic heterocycles. The monoisotopic (exact) mass is 449 g/mol. The Morgan fingerprint density at radius 1 is 1.12 bits per heavy atom. The Morgan fingerprint density at radius 3 is 2.62 bits per heavy atom. The summed E-state index contributed by atoms with van der Waals surface area (Å²) in [5.74, 6) is -0.619. The van der Waals surface area contributed by atoms with Crippen molar-refractivity contribution >= 4 is 37.7 Å². The maximum atomic E-state index is 12.6. The van der Waals surface area contributed by atoms with Gasteiger partial charge in [0.15, 0.2) is 9.84 Å². The fourth-order valence-corrected chi connectivity index (χ4v) is 5.27. The topological polar surface area (TPSA) is 107 Å². The zero-order valence-electron chi connectivity index (χ0n) is 17.1. The predicted octanol–water partition coefficient (Wildman–Crippen LogP) is 3.48. The summed E-state index contributed by atoms with van der Waals surface area (Å²) in [5.41, 5.74) is 3.17. The smallest absolute Gasteiger partial charge is 0.340 e. The molecule has 32 heavy (non-hydrogen) atoms. The van der Waals surface area contributed by atoms with Crippen molar-refractivity contribution in [1.29, 1.82) is 0 Å². The third-order valence-electron chi connectivity index (χ3n) is 5.68. The summed E-state index contributed by atoms with van der Waals surface area (Å²) in [6.07, 6.45) is 2.90. The fourth-order valence-electron chi connectivity index (χ4n) is 4.04. The average Bonchev–Trinajstić information content (AvgIpc) is 3.32. The highest BCUT2D eigenvalue weighted by Gasteiger charge is 2.24. The molecule has 1 N–H and O–H groups in total.